The number of carbonyl (C=O) groups is 1. The second kappa shape index (κ2) is 9.97. The van der Waals surface area contributed by atoms with Crippen molar-refractivity contribution in [1.82, 2.24) is 4.57 Å². The number of ether oxygens (including phenoxy) is 3. The molecule has 2 aliphatic heterocycles. The van der Waals surface area contributed by atoms with E-state index in [2.05, 4.69) is 4.99 Å². The molecule has 0 aliphatic carbocycles. The fraction of sp³-hybridized carbons (Fsp3) is 0.179. The van der Waals surface area contributed by atoms with Gasteiger partial charge in [-0.25, -0.2) is 15.0 Å². The van der Waals surface area contributed by atoms with Gasteiger partial charge in [-0.05, 0) is 43.7 Å². The fourth-order valence-electron chi connectivity index (χ4n) is 4.68. The van der Waals surface area contributed by atoms with Crippen LogP contribution in [0, 0.1) is 4.91 Å². The molecule has 0 bridgehead atoms. The molecule has 1 N–H and O–H groups in total. The number of nitrogens with zero attached hydrogens (tertiary/aromatic N) is 3. The molecule has 2 aromatic heterocycles. The largest absolute Gasteiger partial charge is 0.463 e. The summed E-state index contributed by atoms with van der Waals surface area (Å²) in [4.78, 5) is 42.9. The van der Waals surface area contributed by atoms with Gasteiger partial charge in [0.25, 0.3) is 10.5 Å². The summed E-state index contributed by atoms with van der Waals surface area (Å²) in [6, 6.07) is 14.2. The normalized spacial score (nSPS) is 16.1. The number of hydrogen-bond donors (Lipinski definition) is 1. The molecule has 4 aromatic rings. The van der Waals surface area contributed by atoms with Gasteiger partial charge in [-0.3, -0.25) is 9.36 Å². The summed E-state index contributed by atoms with van der Waals surface area (Å²) >= 11 is 1.17. The molecule has 6 rings (SSSR count). The summed E-state index contributed by atoms with van der Waals surface area (Å²) in [6.07, 6.45) is 1.60. The van der Waals surface area contributed by atoms with Gasteiger partial charge in [0.1, 0.15) is 11.5 Å². The van der Waals surface area contributed by atoms with Crippen LogP contribution in [0.1, 0.15) is 31.2 Å². The van der Waals surface area contributed by atoms with Crippen LogP contribution in [0.15, 0.2) is 80.1 Å². The molecule has 2 aromatic carbocycles. The van der Waals surface area contributed by atoms with Crippen LogP contribution in [-0.4, -0.2) is 34.1 Å². The van der Waals surface area contributed by atoms with E-state index in [9.17, 15) is 19.7 Å². The van der Waals surface area contributed by atoms with Gasteiger partial charge in [0.2, 0.25) is 6.79 Å². The number of furan rings is 1. The second-order valence-electron chi connectivity index (χ2n) is 8.94. The zero-order chi connectivity index (χ0) is 28.0. The third-order valence-corrected chi connectivity index (χ3v) is 7.46. The van der Waals surface area contributed by atoms with Crippen LogP contribution >= 0.6 is 11.3 Å². The van der Waals surface area contributed by atoms with Gasteiger partial charge in [-0.2, -0.15) is 0 Å². The molecule has 0 saturated heterocycles. The summed E-state index contributed by atoms with van der Waals surface area (Å²) in [7, 11) is 0. The summed E-state index contributed by atoms with van der Waals surface area (Å²) in [5.74, 6) is 1.38. The fourth-order valence-corrected chi connectivity index (χ4v) is 5.71. The van der Waals surface area contributed by atoms with Crippen molar-refractivity contribution >= 4 is 29.1 Å². The SMILES string of the molecule is CCOC(=O)C1=C(C)N=c2s/c(=C\c3ccc(-c4cccc([N+](=O)O)c4)o3)c(=O)n2C1c1ccc2c(c1)OCO2. The third kappa shape index (κ3) is 4.37. The Labute approximate surface area is 230 Å². The van der Waals surface area contributed by atoms with Crippen LogP contribution in [0.2, 0.25) is 0 Å². The maximum atomic E-state index is 13.8. The number of aromatic nitrogens is 1. The van der Waals surface area contributed by atoms with Crippen molar-refractivity contribution in [2.45, 2.75) is 19.9 Å². The smallest absolute Gasteiger partial charge is 0.338 e. The molecule has 1 unspecified atom stereocenters. The number of allylic oxidation sites excluding steroid dienone is 1. The number of rotatable bonds is 6. The summed E-state index contributed by atoms with van der Waals surface area (Å²) in [5.41, 5.74) is 1.63. The molecular formula is C28H22N3O8S+. The molecule has 11 nitrogen and oxygen atoms in total. The van der Waals surface area contributed by atoms with Gasteiger partial charge in [-0.15, -0.1) is 0 Å². The maximum absolute atomic E-state index is 13.8. The standard InChI is InChI=1S/C28H22N3O8S/c1-3-36-27(33)24-15(2)29-28-30(25(24)17-7-9-21-22(12-17)38-14-37-21)26(32)23(40-28)13-19-8-10-20(39-19)16-5-4-6-18(11-16)31(34)35/h4-13,25H,3,14H2,1-2H3,(H,34,35)/q+1/b23-13-. The van der Waals surface area contributed by atoms with E-state index in [0.29, 0.717) is 49.2 Å². The highest BCUT2D eigenvalue weighted by Gasteiger charge is 2.34. The van der Waals surface area contributed by atoms with E-state index in [4.69, 9.17) is 18.6 Å². The molecule has 0 spiro atoms. The first-order chi connectivity index (χ1) is 19.3. The highest BCUT2D eigenvalue weighted by Crippen LogP contribution is 2.38. The minimum atomic E-state index is -0.796. The quantitative estimate of drug-likeness (QED) is 0.280. The van der Waals surface area contributed by atoms with Crippen molar-refractivity contribution in [3.05, 3.63) is 102 Å². The molecule has 202 valence electrons. The average molecular weight is 561 g/mol. The van der Waals surface area contributed by atoms with Crippen LogP contribution in [0.25, 0.3) is 17.4 Å². The molecule has 0 radical (unpaired) electrons. The van der Waals surface area contributed by atoms with Gasteiger partial charge >= 0.3 is 11.7 Å². The lowest BCUT2D eigenvalue weighted by Gasteiger charge is -2.24. The van der Waals surface area contributed by atoms with Crippen LogP contribution < -0.4 is 24.4 Å². The Bertz CT molecular complexity index is 1900. The van der Waals surface area contributed by atoms with E-state index in [1.165, 1.54) is 28.0 Å². The number of fused-ring (bicyclic) bond motifs is 2. The van der Waals surface area contributed by atoms with Crippen molar-refractivity contribution in [2.24, 2.45) is 4.99 Å². The highest BCUT2D eigenvalue weighted by molar-refractivity contribution is 7.07. The zero-order valence-electron chi connectivity index (χ0n) is 21.3. The van der Waals surface area contributed by atoms with E-state index in [-0.39, 0.29) is 35.1 Å². The lowest BCUT2D eigenvalue weighted by molar-refractivity contribution is -0.729. The average Bonchev–Trinajstić information content (AvgIpc) is 3.67. The Kier molecular flexibility index (Phi) is 6.31. The predicted octanol–water partition coefficient (Wildman–Crippen LogP) is 3.59. The lowest BCUT2D eigenvalue weighted by atomic mass is 9.95. The maximum Gasteiger partial charge on any atom is 0.338 e. The minimum Gasteiger partial charge on any atom is -0.463 e. The zero-order valence-corrected chi connectivity index (χ0v) is 22.1. The summed E-state index contributed by atoms with van der Waals surface area (Å²) < 4.78 is 24.1. The van der Waals surface area contributed by atoms with E-state index in [0.717, 1.165) is 0 Å². The van der Waals surface area contributed by atoms with Gasteiger partial charge in [0.15, 0.2) is 16.3 Å². The number of hydrogen-bond acceptors (Lipinski definition) is 9. The van der Waals surface area contributed by atoms with Gasteiger partial charge in [0, 0.05) is 23.8 Å². The number of benzene rings is 2. The summed E-state index contributed by atoms with van der Waals surface area (Å²) in [6.45, 7) is 3.69. The molecule has 40 heavy (non-hydrogen) atoms. The first kappa shape index (κ1) is 25.3. The molecule has 1 atom stereocenters. The van der Waals surface area contributed by atoms with Gasteiger partial charge in [-0.1, -0.05) is 29.5 Å². The Balaban J connectivity index is 1.46. The van der Waals surface area contributed by atoms with E-state index in [1.54, 1.807) is 62.4 Å². The van der Waals surface area contributed by atoms with Crippen LogP contribution in [0.5, 0.6) is 11.5 Å². The van der Waals surface area contributed by atoms with Gasteiger partial charge in [0.05, 0.1) is 33.4 Å². The highest BCUT2D eigenvalue weighted by atomic mass is 32.1. The topological polar surface area (TPSA) is 133 Å². The lowest BCUT2D eigenvalue weighted by Crippen LogP contribution is -2.39. The van der Waals surface area contributed by atoms with Gasteiger partial charge < -0.3 is 18.6 Å². The second-order valence-corrected chi connectivity index (χ2v) is 9.95. The van der Waals surface area contributed by atoms with Crippen LogP contribution in [0.3, 0.4) is 0 Å². The van der Waals surface area contributed by atoms with E-state index >= 15 is 0 Å². The molecule has 12 heteroatoms. The van der Waals surface area contributed by atoms with Crippen molar-refractivity contribution in [1.29, 1.82) is 0 Å². The molecule has 2 aliphatic rings. The predicted molar refractivity (Wildman–Crippen MR) is 142 cm³/mol. The number of carbonyl (C=O) groups excluding carboxylic acids is 1. The Morgan fingerprint density at radius 2 is 2.02 bits per heavy atom. The van der Waals surface area contributed by atoms with Crippen molar-refractivity contribution in [3.63, 3.8) is 0 Å². The monoisotopic (exact) mass is 560 g/mol. The number of esters is 1. The first-order valence-corrected chi connectivity index (χ1v) is 13.1. The molecule has 0 saturated carbocycles. The molecule has 0 fully saturated rings. The van der Waals surface area contributed by atoms with E-state index in [1.807, 2.05) is 0 Å². The Hall–Kier alpha value is -4.97. The Morgan fingerprint density at radius 3 is 2.83 bits per heavy atom. The van der Waals surface area contributed by atoms with Crippen LogP contribution in [-0.2, 0) is 9.53 Å². The van der Waals surface area contributed by atoms with E-state index < -0.39 is 12.0 Å². The molecule has 4 heterocycles. The minimum absolute atomic E-state index is 0.0556. The van der Waals surface area contributed by atoms with Crippen LogP contribution in [0.4, 0.5) is 5.69 Å². The van der Waals surface area contributed by atoms with Crippen molar-refractivity contribution in [2.75, 3.05) is 13.4 Å². The number of thiazole rings is 1. The first-order valence-electron chi connectivity index (χ1n) is 12.3. The third-order valence-electron chi connectivity index (χ3n) is 6.48. The summed E-state index contributed by atoms with van der Waals surface area (Å²) in [5, 5.41) is 9.21. The Morgan fingerprint density at radius 1 is 1.20 bits per heavy atom. The molecular weight excluding hydrogens is 538 g/mol. The van der Waals surface area contributed by atoms with Crippen molar-refractivity contribution in [3.8, 4) is 22.8 Å². The molecule has 0 amide bonds. The van der Waals surface area contributed by atoms with Crippen molar-refractivity contribution < 1.29 is 33.6 Å².